The molecule has 16 heavy (non-hydrogen) atoms. The van der Waals surface area contributed by atoms with Crippen LogP contribution in [0.1, 0.15) is 46.0 Å². The third-order valence-corrected chi connectivity index (χ3v) is 4.56. The van der Waals surface area contributed by atoms with Crippen LogP contribution >= 0.6 is 0 Å². The predicted molar refractivity (Wildman–Crippen MR) is 72.1 cm³/mol. The lowest BCUT2D eigenvalue weighted by molar-refractivity contribution is 0.338. The van der Waals surface area contributed by atoms with E-state index in [0.717, 1.165) is 24.1 Å². The van der Waals surface area contributed by atoms with Gasteiger partial charge in [-0.05, 0) is 31.1 Å². The lowest BCUT2D eigenvalue weighted by Gasteiger charge is -2.19. The minimum atomic E-state index is -0.651. The van der Waals surface area contributed by atoms with Crippen LogP contribution in [0, 0.1) is 11.8 Å². The van der Waals surface area contributed by atoms with E-state index in [4.69, 9.17) is 0 Å². The molecule has 96 valence electrons. The molecule has 3 heteroatoms. The molecule has 1 N–H and O–H groups in total. The zero-order valence-corrected chi connectivity index (χ0v) is 11.8. The highest BCUT2D eigenvalue weighted by molar-refractivity contribution is 7.84. The van der Waals surface area contributed by atoms with Gasteiger partial charge in [-0.25, -0.2) is 0 Å². The van der Waals surface area contributed by atoms with Gasteiger partial charge in [0.05, 0.1) is 0 Å². The van der Waals surface area contributed by atoms with Gasteiger partial charge in [0.25, 0.3) is 0 Å². The zero-order chi connectivity index (χ0) is 12.0. The molecule has 1 fully saturated rings. The Morgan fingerprint density at radius 2 is 2.00 bits per heavy atom. The third kappa shape index (κ3) is 5.44. The van der Waals surface area contributed by atoms with E-state index in [0.29, 0.717) is 6.04 Å². The van der Waals surface area contributed by atoms with Crippen LogP contribution in [0.3, 0.4) is 0 Å². The van der Waals surface area contributed by atoms with Crippen LogP contribution in [-0.2, 0) is 10.8 Å². The molecule has 0 aliphatic heterocycles. The number of nitrogens with one attached hydrogen (secondary N) is 1. The zero-order valence-electron chi connectivity index (χ0n) is 11.0. The summed E-state index contributed by atoms with van der Waals surface area (Å²) >= 11 is 0. The third-order valence-electron chi connectivity index (χ3n) is 3.78. The van der Waals surface area contributed by atoms with Crippen LogP contribution in [0.2, 0.25) is 0 Å². The lowest BCUT2D eigenvalue weighted by Crippen LogP contribution is -2.31. The summed E-state index contributed by atoms with van der Waals surface area (Å²) in [5.41, 5.74) is 0. The van der Waals surface area contributed by atoms with Gasteiger partial charge < -0.3 is 5.32 Å². The minimum Gasteiger partial charge on any atom is -0.313 e. The Hall–Kier alpha value is 0.110. The summed E-state index contributed by atoms with van der Waals surface area (Å²) in [6.45, 7) is 5.61. The SMILES string of the molecule is CC(C)C1CCCC(NCCS(C)=O)CC1. The van der Waals surface area contributed by atoms with Gasteiger partial charge in [0.1, 0.15) is 0 Å². The van der Waals surface area contributed by atoms with Crippen molar-refractivity contribution in [1.82, 2.24) is 5.32 Å². The average Bonchev–Trinajstić information content (AvgIpc) is 2.42. The topological polar surface area (TPSA) is 29.1 Å². The maximum Gasteiger partial charge on any atom is 0.0357 e. The second kappa shape index (κ2) is 7.44. The van der Waals surface area contributed by atoms with Crippen LogP contribution in [0.5, 0.6) is 0 Å². The molecule has 3 unspecified atom stereocenters. The molecule has 0 aromatic rings. The van der Waals surface area contributed by atoms with Crippen LogP contribution in [0.25, 0.3) is 0 Å². The molecule has 0 radical (unpaired) electrons. The predicted octanol–water partition coefficient (Wildman–Crippen LogP) is 2.56. The van der Waals surface area contributed by atoms with E-state index in [-0.39, 0.29) is 0 Å². The molecule has 0 saturated heterocycles. The van der Waals surface area contributed by atoms with Crippen molar-refractivity contribution < 1.29 is 4.21 Å². The summed E-state index contributed by atoms with van der Waals surface area (Å²) in [5.74, 6) is 2.55. The van der Waals surface area contributed by atoms with Crippen molar-refractivity contribution in [2.75, 3.05) is 18.6 Å². The van der Waals surface area contributed by atoms with E-state index in [1.807, 2.05) is 0 Å². The smallest absolute Gasteiger partial charge is 0.0357 e. The molecule has 1 aliphatic rings. The van der Waals surface area contributed by atoms with Crippen molar-refractivity contribution >= 4 is 10.8 Å². The first-order valence-corrected chi connectivity index (χ1v) is 8.35. The molecule has 0 amide bonds. The Morgan fingerprint density at radius 3 is 2.62 bits per heavy atom. The molecular formula is C13H27NOS. The Morgan fingerprint density at radius 1 is 1.25 bits per heavy atom. The Kier molecular flexibility index (Phi) is 6.59. The second-order valence-corrected chi connectivity index (χ2v) is 7.00. The summed E-state index contributed by atoms with van der Waals surface area (Å²) in [5, 5.41) is 3.56. The Bertz CT molecular complexity index is 218. The fraction of sp³-hybridized carbons (Fsp3) is 1.00. The van der Waals surface area contributed by atoms with E-state index < -0.39 is 10.8 Å². The number of hydrogen-bond acceptors (Lipinski definition) is 2. The lowest BCUT2D eigenvalue weighted by atomic mass is 9.89. The fourth-order valence-corrected chi connectivity index (χ4v) is 3.01. The van der Waals surface area contributed by atoms with Gasteiger partial charge in [0.2, 0.25) is 0 Å². The van der Waals surface area contributed by atoms with Gasteiger partial charge in [-0.2, -0.15) is 0 Å². The molecule has 1 saturated carbocycles. The van der Waals surface area contributed by atoms with Crippen molar-refractivity contribution in [2.45, 2.75) is 52.0 Å². The van der Waals surface area contributed by atoms with Crippen LogP contribution in [-0.4, -0.2) is 28.8 Å². The molecular weight excluding hydrogens is 218 g/mol. The van der Waals surface area contributed by atoms with Gasteiger partial charge in [-0.15, -0.1) is 0 Å². The molecule has 0 aromatic carbocycles. The van der Waals surface area contributed by atoms with Crippen LogP contribution < -0.4 is 5.32 Å². The molecule has 0 bridgehead atoms. The molecule has 1 rings (SSSR count). The van der Waals surface area contributed by atoms with E-state index in [9.17, 15) is 4.21 Å². The van der Waals surface area contributed by atoms with E-state index in [1.165, 1.54) is 32.1 Å². The first kappa shape index (κ1) is 14.2. The largest absolute Gasteiger partial charge is 0.313 e. The van der Waals surface area contributed by atoms with Gasteiger partial charge in [0.15, 0.2) is 0 Å². The van der Waals surface area contributed by atoms with Gasteiger partial charge in [0, 0.05) is 35.4 Å². The average molecular weight is 245 g/mol. The Labute approximate surface area is 103 Å². The van der Waals surface area contributed by atoms with Gasteiger partial charge in [-0.1, -0.05) is 26.7 Å². The molecule has 0 aromatic heterocycles. The summed E-state index contributed by atoms with van der Waals surface area (Å²) in [4.78, 5) is 0. The quantitative estimate of drug-likeness (QED) is 0.754. The molecule has 2 nitrogen and oxygen atoms in total. The van der Waals surface area contributed by atoms with Crippen molar-refractivity contribution in [1.29, 1.82) is 0 Å². The first-order valence-electron chi connectivity index (χ1n) is 6.63. The van der Waals surface area contributed by atoms with Gasteiger partial charge >= 0.3 is 0 Å². The highest BCUT2D eigenvalue weighted by Crippen LogP contribution is 2.28. The fourth-order valence-electron chi connectivity index (χ4n) is 2.61. The van der Waals surface area contributed by atoms with Crippen molar-refractivity contribution in [2.24, 2.45) is 11.8 Å². The van der Waals surface area contributed by atoms with Crippen LogP contribution in [0.4, 0.5) is 0 Å². The summed E-state index contributed by atoms with van der Waals surface area (Å²) in [7, 11) is -0.651. The molecule has 0 heterocycles. The highest BCUT2D eigenvalue weighted by atomic mass is 32.2. The first-order chi connectivity index (χ1) is 7.59. The molecule has 3 atom stereocenters. The second-order valence-electron chi connectivity index (χ2n) is 5.44. The maximum absolute atomic E-state index is 11.0. The van der Waals surface area contributed by atoms with E-state index in [2.05, 4.69) is 19.2 Å². The standard InChI is InChI=1S/C13H27NOS/c1-11(2)12-5-4-6-13(8-7-12)14-9-10-16(3)15/h11-14H,4-10H2,1-3H3. The van der Waals surface area contributed by atoms with Gasteiger partial charge in [-0.3, -0.25) is 4.21 Å². The van der Waals surface area contributed by atoms with Crippen molar-refractivity contribution in [3.8, 4) is 0 Å². The number of hydrogen-bond donors (Lipinski definition) is 1. The molecule has 0 spiro atoms. The summed E-state index contributed by atoms with van der Waals surface area (Å²) in [6, 6.07) is 0.673. The summed E-state index contributed by atoms with van der Waals surface area (Å²) in [6.07, 6.45) is 8.51. The van der Waals surface area contributed by atoms with Crippen molar-refractivity contribution in [3.63, 3.8) is 0 Å². The van der Waals surface area contributed by atoms with E-state index >= 15 is 0 Å². The van der Waals surface area contributed by atoms with Crippen LogP contribution in [0.15, 0.2) is 0 Å². The highest BCUT2D eigenvalue weighted by Gasteiger charge is 2.20. The Balaban J connectivity index is 2.22. The van der Waals surface area contributed by atoms with Crippen molar-refractivity contribution in [3.05, 3.63) is 0 Å². The molecule has 1 aliphatic carbocycles. The monoisotopic (exact) mass is 245 g/mol. The normalized spacial score (nSPS) is 29.0. The van der Waals surface area contributed by atoms with E-state index in [1.54, 1.807) is 6.26 Å². The summed E-state index contributed by atoms with van der Waals surface area (Å²) < 4.78 is 11.0. The number of rotatable bonds is 5. The maximum atomic E-state index is 11.0. The minimum absolute atomic E-state index is 0.651.